The van der Waals surface area contributed by atoms with Crippen molar-refractivity contribution in [2.45, 2.75) is 37.0 Å². The van der Waals surface area contributed by atoms with Crippen LogP contribution in [0.3, 0.4) is 0 Å². The number of carbonyl (C=O) groups excluding carboxylic acids is 2. The van der Waals surface area contributed by atoms with Gasteiger partial charge in [-0.1, -0.05) is 6.07 Å². The zero-order chi connectivity index (χ0) is 31.5. The molecule has 1 aromatic carbocycles. The predicted molar refractivity (Wildman–Crippen MR) is 157 cm³/mol. The van der Waals surface area contributed by atoms with E-state index in [1.54, 1.807) is 48.2 Å². The molecule has 1 saturated heterocycles. The smallest absolute Gasteiger partial charge is 0.407 e. The van der Waals surface area contributed by atoms with Gasteiger partial charge in [0.25, 0.3) is 11.8 Å². The van der Waals surface area contributed by atoms with Crippen LogP contribution in [0.25, 0.3) is 11.1 Å². The molecule has 3 heterocycles. The first-order chi connectivity index (χ1) is 20.2. The molecule has 3 aromatic rings. The van der Waals surface area contributed by atoms with Gasteiger partial charge < -0.3 is 20.2 Å². The Labute approximate surface area is 247 Å². The molecule has 1 unspecified atom stereocenters. The van der Waals surface area contributed by atoms with Gasteiger partial charge in [-0.3, -0.25) is 14.3 Å². The van der Waals surface area contributed by atoms with Gasteiger partial charge >= 0.3 is 6.09 Å². The van der Waals surface area contributed by atoms with Crippen molar-refractivity contribution in [1.29, 1.82) is 0 Å². The minimum Gasteiger partial charge on any atom is -0.465 e. The molecule has 0 radical (unpaired) electrons. The van der Waals surface area contributed by atoms with E-state index in [0.29, 0.717) is 17.7 Å². The number of anilines is 2. The van der Waals surface area contributed by atoms with Gasteiger partial charge in [0.05, 0.1) is 21.5 Å². The van der Waals surface area contributed by atoms with Crippen LogP contribution in [0.2, 0.25) is 0 Å². The zero-order valence-electron chi connectivity index (χ0n) is 24.2. The SMILES string of the molecule is Cc1c(-c2cnn(C)c2)cnc(N2CCCC(F)(F)CC2)c1C(=O)Nc1cccc(S(C)(=O)=NC(=O)CN(C)C(=O)O)c1. The Bertz CT molecular complexity index is 1680. The summed E-state index contributed by atoms with van der Waals surface area (Å²) in [5.74, 6) is -3.96. The van der Waals surface area contributed by atoms with Crippen LogP contribution in [0, 0.1) is 6.92 Å². The van der Waals surface area contributed by atoms with E-state index in [-0.39, 0.29) is 47.8 Å². The van der Waals surface area contributed by atoms with Crippen molar-refractivity contribution >= 4 is 39.1 Å². The van der Waals surface area contributed by atoms with E-state index in [0.717, 1.165) is 10.5 Å². The lowest BCUT2D eigenvalue weighted by Gasteiger charge is -2.26. The van der Waals surface area contributed by atoms with Crippen LogP contribution in [0.15, 0.2) is 52.1 Å². The van der Waals surface area contributed by atoms with Crippen LogP contribution >= 0.6 is 0 Å². The maximum atomic E-state index is 14.2. The van der Waals surface area contributed by atoms with Crippen molar-refractivity contribution in [3.05, 3.63) is 54.0 Å². The van der Waals surface area contributed by atoms with Gasteiger partial charge in [0.1, 0.15) is 12.4 Å². The van der Waals surface area contributed by atoms with E-state index in [1.807, 2.05) is 0 Å². The lowest BCUT2D eigenvalue weighted by atomic mass is 9.99. The molecular weight excluding hydrogens is 584 g/mol. The van der Waals surface area contributed by atoms with E-state index in [1.165, 1.54) is 31.5 Å². The van der Waals surface area contributed by atoms with E-state index in [9.17, 15) is 27.4 Å². The molecule has 0 bridgehead atoms. The summed E-state index contributed by atoms with van der Waals surface area (Å²) in [4.78, 5) is 44.3. The van der Waals surface area contributed by atoms with E-state index in [2.05, 4.69) is 19.8 Å². The van der Waals surface area contributed by atoms with Crippen LogP contribution < -0.4 is 10.2 Å². The summed E-state index contributed by atoms with van der Waals surface area (Å²) in [5.41, 5.74) is 2.40. The molecule has 2 aromatic heterocycles. The fourth-order valence-electron chi connectivity index (χ4n) is 4.78. The third kappa shape index (κ3) is 7.52. The fourth-order valence-corrected chi connectivity index (χ4v) is 6.01. The topological polar surface area (TPSA) is 150 Å². The Morgan fingerprint density at radius 1 is 1.21 bits per heavy atom. The number of carboxylic acid groups (broad SMARTS) is 1. The number of rotatable bonds is 7. The monoisotopic (exact) mass is 617 g/mol. The number of halogens is 2. The molecule has 12 nitrogen and oxygen atoms in total. The first-order valence-corrected chi connectivity index (χ1v) is 15.3. The van der Waals surface area contributed by atoms with Gasteiger partial charge in [-0.2, -0.15) is 9.46 Å². The molecule has 0 saturated carbocycles. The number of nitrogens with zero attached hydrogens (tertiary/aromatic N) is 6. The third-order valence-corrected chi connectivity index (χ3v) is 8.76. The number of likely N-dealkylation sites (N-methyl/N-ethyl adjacent to an activating group) is 1. The molecule has 1 aliphatic heterocycles. The average Bonchev–Trinajstić information content (AvgIpc) is 3.26. The Kier molecular flexibility index (Phi) is 9.13. The molecule has 1 fully saturated rings. The number of nitrogens with one attached hydrogen (secondary N) is 1. The molecular formula is C28H33F2N7O5S. The summed E-state index contributed by atoms with van der Waals surface area (Å²) in [6.45, 7) is 1.50. The van der Waals surface area contributed by atoms with E-state index < -0.39 is 40.1 Å². The van der Waals surface area contributed by atoms with Crippen LogP contribution in [0.1, 0.15) is 35.2 Å². The Hall–Kier alpha value is -4.40. The molecule has 230 valence electrons. The zero-order valence-corrected chi connectivity index (χ0v) is 25.0. The second-order valence-electron chi connectivity index (χ2n) is 10.5. The molecule has 15 heteroatoms. The number of hydrogen-bond donors (Lipinski definition) is 2. The number of aryl methyl sites for hydroxylation is 1. The van der Waals surface area contributed by atoms with Crippen molar-refractivity contribution < 1.29 is 32.5 Å². The van der Waals surface area contributed by atoms with E-state index >= 15 is 0 Å². The fraction of sp³-hybridized carbons (Fsp3) is 0.393. The summed E-state index contributed by atoms with van der Waals surface area (Å²) in [6, 6.07) is 6.00. The molecule has 1 atom stereocenters. The van der Waals surface area contributed by atoms with Gasteiger partial charge in [0, 0.05) is 80.4 Å². The minimum absolute atomic E-state index is 0.0198. The highest BCUT2D eigenvalue weighted by atomic mass is 32.2. The number of benzene rings is 1. The van der Waals surface area contributed by atoms with Crippen LogP contribution in [-0.4, -0.2) is 85.7 Å². The maximum Gasteiger partial charge on any atom is 0.407 e. The summed E-state index contributed by atoms with van der Waals surface area (Å²) in [6.07, 6.45) is 4.55. The molecule has 0 aliphatic carbocycles. The average molecular weight is 618 g/mol. The number of hydrogen-bond acceptors (Lipinski definition) is 7. The number of alkyl halides is 2. The van der Waals surface area contributed by atoms with Gasteiger partial charge in [-0.15, -0.1) is 0 Å². The van der Waals surface area contributed by atoms with Crippen molar-refractivity contribution in [2.24, 2.45) is 11.4 Å². The summed E-state index contributed by atoms with van der Waals surface area (Å²) in [7, 11) is -0.341. The molecule has 2 N–H and O–H groups in total. The second-order valence-corrected chi connectivity index (χ2v) is 12.8. The minimum atomic E-state index is -3.29. The van der Waals surface area contributed by atoms with Crippen LogP contribution in [0.4, 0.5) is 25.1 Å². The van der Waals surface area contributed by atoms with Crippen molar-refractivity contribution in [2.75, 3.05) is 43.2 Å². The lowest BCUT2D eigenvalue weighted by molar-refractivity contribution is -0.118. The van der Waals surface area contributed by atoms with Crippen molar-refractivity contribution in [3.63, 3.8) is 0 Å². The van der Waals surface area contributed by atoms with Gasteiger partial charge in [-0.05, 0) is 37.1 Å². The first kappa shape index (κ1) is 31.5. The summed E-state index contributed by atoms with van der Waals surface area (Å²) < 4.78 is 47.0. The highest BCUT2D eigenvalue weighted by Crippen LogP contribution is 2.34. The third-order valence-electron chi connectivity index (χ3n) is 7.08. The van der Waals surface area contributed by atoms with Gasteiger partial charge in [0.15, 0.2) is 0 Å². The number of carbonyl (C=O) groups is 3. The molecule has 43 heavy (non-hydrogen) atoms. The summed E-state index contributed by atoms with van der Waals surface area (Å²) >= 11 is 0. The highest BCUT2D eigenvalue weighted by Gasteiger charge is 2.33. The maximum absolute atomic E-state index is 14.2. The number of amides is 3. The van der Waals surface area contributed by atoms with Gasteiger partial charge in [-0.25, -0.2) is 22.8 Å². The van der Waals surface area contributed by atoms with Crippen molar-refractivity contribution in [3.8, 4) is 11.1 Å². The second kappa shape index (κ2) is 12.5. The standard InChI is InChI=1S/C28H33F2N7O5S/c1-18-22(19-14-32-36(3)16-19)15-31-25(37-11-6-9-28(29,30)10-12-37)24(18)26(39)33-20-7-5-8-21(13-20)43(4,42)34-23(38)17-35(2)27(40)41/h5,7-8,13-16H,6,9-12,17H2,1-4H3,(H,33,39)(H,40,41). The van der Waals surface area contributed by atoms with Crippen molar-refractivity contribution in [1.82, 2.24) is 19.7 Å². The normalized spacial score (nSPS) is 16.1. The largest absolute Gasteiger partial charge is 0.465 e. The predicted octanol–water partition coefficient (Wildman–Crippen LogP) is 4.26. The van der Waals surface area contributed by atoms with Gasteiger partial charge in [0.2, 0.25) is 5.92 Å². The molecule has 4 rings (SSSR count). The first-order valence-electron chi connectivity index (χ1n) is 13.4. The Morgan fingerprint density at radius 3 is 2.63 bits per heavy atom. The molecule has 1 aliphatic rings. The highest BCUT2D eigenvalue weighted by molar-refractivity contribution is 7.93. The Morgan fingerprint density at radius 2 is 1.95 bits per heavy atom. The Balaban J connectivity index is 1.69. The number of aromatic nitrogens is 3. The number of pyridine rings is 1. The van der Waals surface area contributed by atoms with Crippen LogP contribution in [-0.2, 0) is 21.6 Å². The summed E-state index contributed by atoms with van der Waals surface area (Å²) in [5, 5.41) is 16.0. The quantitative estimate of drug-likeness (QED) is 0.399. The molecule has 3 amide bonds. The molecule has 0 spiro atoms. The van der Waals surface area contributed by atoms with E-state index in [4.69, 9.17) is 5.11 Å². The van der Waals surface area contributed by atoms with Crippen LogP contribution in [0.5, 0.6) is 0 Å². The lowest BCUT2D eigenvalue weighted by Crippen LogP contribution is -2.30.